The number of aryl methyl sites for hydroxylation is 2. The van der Waals surface area contributed by atoms with Gasteiger partial charge in [-0.15, -0.1) is 0 Å². The first-order valence-electron chi connectivity index (χ1n) is 11.8. The summed E-state index contributed by atoms with van der Waals surface area (Å²) in [7, 11) is 2.01. The number of nitrogens with one attached hydrogen (secondary N) is 2. The quantitative estimate of drug-likeness (QED) is 0.504. The van der Waals surface area contributed by atoms with Crippen LogP contribution in [0.4, 0.5) is 0 Å². The van der Waals surface area contributed by atoms with Gasteiger partial charge in [0.25, 0.3) is 0 Å². The zero-order valence-corrected chi connectivity index (χ0v) is 20.2. The molecule has 1 aromatic heterocycles. The molecule has 6 heteroatoms. The minimum Gasteiger partial charge on any atom is -0.357 e. The summed E-state index contributed by atoms with van der Waals surface area (Å²) in [6.45, 7) is 14.7. The predicted molar refractivity (Wildman–Crippen MR) is 130 cm³/mol. The summed E-state index contributed by atoms with van der Waals surface area (Å²) in [6.07, 6.45) is 3.18. The van der Waals surface area contributed by atoms with Crippen molar-refractivity contribution in [3.8, 4) is 0 Å². The molecular weight excluding hydrogens is 384 g/mol. The van der Waals surface area contributed by atoms with E-state index < -0.39 is 0 Å². The number of rotatable bonds is 8. The Morgan fingerprint density at radius 3 is 2.58 bits per heavy atom. The summed E-state index contributed by atoms with van der Waals surface area (Å²) in [6, 6.07) is 9.59. The van der Waals surface area contributed by atoms with Gasteiger partial charge in [0, 0.05) is 44.5 Å². The summed E-state index contributed by atoms with van der Waals surface area (Å²) in [4.78, 5) is 7.58. The third kappa shape index (κ3) is 5.88. The van der Waals surface area contributed by atoms with Gasteiger partial charge in [0.05, 0.1) is 12.2 Å². The Labute approximate surface area is 188 Å². The highest BCUT2D eigenvalue weighted by Crippen LogP contribution is 2.21. The van der Waals surface area contributed by atoms with Crippen LogP contribution in [0.2, 0.25) is 0 Å². The smallest absolute Gasteiger partial charge is 0.191 e. The van der Waals surface area contributed by atoms with Gasteiger partial charge in [-0.3, -0.25) is 14.6 Å². The van der Waals surface area contributed by atoms with Crippen molar-refractivity contribution < 1.29 is 0 Å². The Hall–Kier alpha value is -2.34. The maximum absolute atomic E-state index is 4.98. The molecule has 1 aliphatic heterocycles. The standard InChI is InChI=1S/C25H40N6/c1-7-23(31-14-13-21-11-9-10-12-22(21)17-31)16-27-25(26-8-2)28-18(3)15-24-19(4)29-30(6)20(24)5/h9-12,18,23H,7-8,13-17H2,1-6H3,(H2,26,27,28). The molecule has 2 unspecified atom stereocenters. The topological polar surface area (TPSA) is 57.5 Å². The molecule has 2 aromatic rings. The van der Waals surface area contributed by atoms with E-state index in [1.54, 1.807) is 0 Å². The zero-order chi connectivity index (χ0) is 22.4. The van der Waals surface area contributed by atoms with Crippen molar-refractivity contribution in [1.29, 1.82) is 0 Å². The third-order valence-corrected chi connectivity index (χ3v) is 6.50. The normalized spacial score (nSPS) is 16.6. The predicted octanol–water partition coefficient (Wildman–Crippen LogP) is 3.36. The summed E-state index contributed by atoms with van der Waals surface area (Å²) in [5.41, 5.74) is 6.66. The first-order chi connectivity index (χ1) is 14.9. The fourth-order valence-electron chi connectivity index (χ4n) is 4.55. The van der Waals surface area contributed by atoms with Crippen molar-refractivity contribution >= 4 is 5.96 Å². The molecule has 0 fully saturated rings. The summed E-state index contributed by atoms with van der Waals surface area (Å²) in [5.74, 6) is 0.907. The van der Waals surface area contributed by atoms with Crippen molar-refractivity contribution in [1.82, 2.24) is 25.3 Å². The van der Waals surface area contributed by atoms with E-state index in [0.29, 0.717) is 6.04 Å². The maximum Gasteiger partial charge on any atom is 0.191 e. The molecule has 0 spiro atoms. The van der Waals surface area contributed by atoms with Crippen molar-refractivity contribution in [3.05, 3.63) is 52.3 Å². The van der Waals surface area contributed by atoms with E-state index >= 15 is 0 Å². The number of aliphatic imine (C=N–C) groups is 1. The number of hydrogen-bond donors (Lipinski definition) is 2. The molecule has 0 aliphatic carbocycles. The Morgan fingerprint density at radius 2 is 1.94 bits per heavy atom. The van der Waals surface area contributed by atoms with E-state index in [-0.39, 0.29) is 6.04 Å². The second-order valence-corrected chi connectivity index (χ2v) is 8.79. The highest BCUT2D eigenvalue weighted by Gasteiger charge is 2.22. The molecular formula is C25H40N6. The van der Waals surface area contributed by atoms with Crippen LogP contribution < -0.4 is 10.6 Å². The van der Waals surface area contributed by atoms with Crippen molar-refractivity contribution in [2.75, 3.05) is 19.6 Å². The number of nitrogens with zero attached hydrogens (tertiary/aromatic N) is 4. The van der Waals surface area contributed by atoms with Crippen LogP contribution in [0.3, 0.4) is 0 Å². The zero-order valence-electron chi connectivity index (χ0n) is 20.2. The molecule has 170 valence electrons. The van der Waals surface area contributed by atoms with Crippen molar-refractivity contribution in [3.63, 3.8) is 0 Å². The number of fused-ring (bicyclic) bond motifs is 1. The maximum atomic E-state index is 4.98. The lowest BCUT2D eigenvalue weighted by Crippen LogP contribution is -2.45. The van der Waals surface area contributed by atoms with Crippen LogP contribution in [0, 0.1) is 13.8 Å². The molecule has 1 aromatic carbocycles. The van der Waals surface area contributed by atoms with E-state index in [4.69, 9.17) is 4.99 Å². The highest BCUT2D eigenvalue weighted by molar-refractivity contribution is 5.80. The van der Waals surface area contributed by atoms with Gasteiger partial charge < -0.3 is 10.6 Å². The fraction of sp³-hybridized carbons (Fsp3) is 0.600. The molecule has 0 bridgehead atoms. The largest absolute Gasteiger partial charge is 0.357 e. The van der Waals surface area contributed by atoms with E-state index in [9.17, 15) is 0 Å². The Morgan fingerprint density at radius 1 is 1.19 bits per heavy atom. The van der Waals surface area contributed by atoms with Gasteiger partial charge in [0.2, 0.25) is 0 Å². The van der Waals surface area contributed by atoms with Crippen LogP contribution in [0.1, 0.15) is 55.3 Å². The fourth-order valence-corrected chi connectivity index (χ4v) is 4.55. The molecule has 2 heterocycles. The van der Waals surface area contributed by atoms with E-state index in [1.165, 1.54) is 22.4 Å². The minimum atomic E-state index is 0.279. The Bertz CT molecular complexity index is 884. The van der Waals surface area contributed by atoms with Crippen LogP contribution in [0.15, 0.2) is 29.3 Å². The molecule has 6 nitrogen and oxygen atoms in total. The molecule has 0 saturated heterocycles. The lowest BCUT2D eigenvalue weighted by Gasteiger charge is -2.34. The van der Waals surface area contributed by atoms with Gasteiger partial charge in [-0.05, 0) is 63.6 Å². The average Bonchev–Trinajstić information content (AvgIpc) is 3.00. The minimum absolute atomic E-state index is 0.279. The summed E-state index contributed by atoms with van der Waals surface area (Å²) in [5, 5.41) is 11.6. The lowest BCUT2D eigenvalue weighted by atomic mass is 9.98. The number of guanidine groups is 1. The van der Waals surface area contributed by atoms with Gasteiger partial charge >= 0.3 is 0 Å². The van der Waals surface area contributed by atoms with E-state index in [1.807, 2.05) is 11.7 Å². The first-order valence-corrected chi connectivity index (χ1v) is 11.8. The summed E-state index contributed by atoms with van der Waals surface area (Å²) < 4.78 is 1.97. The van der Waals surface area contributed by atoms with Crippen LogP contribution in [-0.2, 0) is 26.4 Å². The molecule has 0 saturated carbocycles. The van der Waals surface area contributed by atoms with Gasteiger partial charge in [-0.25, -0.2) is 0 Å². The van der Waals surface area contributed by atoms with E-state index in [0.717, 1.165) is 57.1 Å². The van der Waals surface area contributed by atoms with Crippen LogP contribution in [0.5, 0.6) is 0 Å². The molecule has 31 heavy (non-hydrogen) atoms. The van der Waals surface area contributed by atoms with Crippen LogP contribution >= 0.6 is 0 Å². The molecule has 2 N–H and O–H groups in total. The average molecular weight is 425 g/mol. The number of aromatic nitrogens is 2. The Kier molecular flexibility index (Phi) is 8.13. The first kappa shape index (κ1) is 23.3. The third-order valence-electron chi connectivity index (χ3n) is 6.50. The highest BCUT2D eigenvalue weighted by atomic mass is 15.3. The lowest BCUT2D eigenvalue weighted by molar-refractivity contribution is 0.178. The molecule has 3 rings (SSSR count). The van der Waals surface area contributed by atoms with Gasteiger partial charge in [0.15, 0.2) is 5.96 Å². The van der Waals surface area contributed by atoms with Crippen molar-refractivity contribution in [2.24, 2.45) is 12.0 Å². The van der Waals surface area contributed by atoms with Crippen LogP contribution in [0.25, 0.3) is 0 Å². The van der Waals surface area contributed by atoms with Gasteiger partial charge in [0.1, 0.15) is 0 Å². The molecule has 0 amide bonds. The summed E-state index contributed by atoms with van der Waals surface area (Å²) >= 11 is 0. The molecule has 0 radical (unpaired) electrons. The number of benzene rings is 1. The second-order valence-electron chi connectivity index (χ2n) is 8.79. The van der Waals surface area contributed by atoms with E-state index in [2.05, 4.69) is 79.5 Å². The SMILES string of the molecule is CCNC(=NCC(CC)N1CCc2ccccc2C1)NC(C)Cc1c(C)nn(C)c1C. The Balaban J connectivity index is 1.62. The number of hydrogen-bond acceptors (Lipinski definition) is 3. The van der Waals surface area contributed by atoms with Crippen LogP contribution in [-0.4, -0.2) is 52.4 Å². The molecule has 2 atom stereocenters. The second kappa shape index (κ2) is 10.8. The van der Waals surface area contributed by atoms with Gasteiger partial charge in [-0.2, -0.15) is 5.10 Å². The van der Waals surface area contributed by atoms with Crippen molar-refractivity contribution in [2.45, 2.75) is 72.5 Å². The monoisotopic (exact) mass is 424 g/mol. The van der Waals surface area contributed by atoms with Gasteiger partial charge in [-0.1, -0.05) is 31.2 Å². The molecule has 1 aliphatic rings.